The van der Waals surface area contributed by atoms with Gasteiger partial charge in [0.2, 0.25) is 5.91 Å². The van der Waals surface area contributed by atoms with Gasteiger partial charge in [0.15, 0.2) is 27.3 Å². The molecular formula is C32H30F3N5O5S. The van der Waals surface area contributed by atoms with Gasteiger partial charge < -0.3 is 14.9 Å². The van der Waals surface area contributed by atoms with Crippen molar-refractivity contribution in [3.63, 3.8) is 0 Å². The summed E-state index contributed by atoms with van der Waals surface area (Å²) in [7, 11) is -4.62. The second kappa shape index (κ2) is 11.0. The smallest absolute Gasteiger partial charge is 0.354 e. The summed E-state index contributed by atoms with van der Waals surface area (Å²) in [5, 5.41) is 10.4. The Morgan fingerprint density at radius 3 is 2.54 bits per heavy atom. The van der Waals surface area contributed by atoms with Crippen molar-refractivity contribution in [3.8, 4) is 22.6 Å². The highest BCUT2D eigenvalue weighted by molar-refractivity contribution is 7.91. The lowest BCUT2D eigenvalue weighted by molar-refractivity contribution is -0.128. The van der Waals surface area contributed by atoms with Gasteiger partial charge in [-0.1, -0.05) is 20.4 Å². The first-order chi connectivity index (χ1) is 21.7. The third kappa shape index (κ3) is 4.65. The molecule has 240 valence electrons. The SMILES string of the molecule is C=CC(=O)N1CC2CS(=O)(=O)c3c(F)c(-c4c(O)ccc(F)c4F)cc4c3c(nc(=O)n4-c3c(C)ccnc3C(C)C)N2CC1C. The van der Waals surface area contributed by atoms with Crippen LogP contribution < -0.4 is 10.6 Å². The van der Waals surface area contributed by atoms with E-state index in [0.29, 0.717) is 17.3 Å². The van der Waals surface area contributed by atoms with E-state index in [2.05, 4.69) is 16.5 Å². The lowest BCUT2D eigenvalue weighted by atomic mass is 9.99. The van der Waals surface area contributed by atoms with Crippen LogP contribution in [0.4, 0.5) is 19.0 Å². The number of halogens is 3. The molecule has 2 aromatic carbocycles. The van der Waals surface area contributed by atoms with E-state index in [-0.39, 0.29) is 41.4 Å². The van der Waals surface area contributed by atoms with Gasteiger partial charge in [0, 0.05) is 30.9 Å². The molecule has 1 saturated heterocycles. The molecule has 0 aliphatic carbocycles. The predicted molar refractivity (Wildman–Crippen MR) is 165 cm³/mol. The zero-order valence-corrected chi connectivity index (χ0v) is 26.2. The first-order valence-electron chi connectivity index (χ1n) is 14.5. The van der Waals surface area contributed by atoms with Gasteiger partial charge in [0.25, 0.3) is 0 Å². The van der Waals surface area contributed by atoms with Crippen LogP contribution in [0, 0.1) is 24.4 Å². The highest BCUT2D eigenvalue weighted by atomic mass is 32.2. The van der Waals surface area contributed by atoms with Crippen LogP contribution >= 0.6 is 0 Å². The number of amides is 1. The van der Waals surface area contributed by atoms with Crippen molar-refractivity contribution in [1.82, 2.24) is 19.4 Å². The second-order valence-electron chi connectivity index (χ2n) is 11.9. The normalized spacial score (nSPS) is 18.9. The summed E-state index contributed by atoms with van der Waals surface area (Å²) in [4.78, 5) is 37.7. The number of rotatable bonds is 4. The molecule has 4 aromatic rings. The molecule has 1 N–H and O–H groups in total. The zero-order valence-electron chi connectivity index (χ0n) is 25.4. The molecule has 4 heterocycles. The summed E-state index contributed by atoms with van der Waals surface area (Å²) in [5.74, 6) is -6.79. The number of carbonyl (C=O) groups is 1. The molecular weight excluding hydrogens is 623 g/mol. The number of aromatic hydroxyl groups is 1. The molecule has 14 heteroatoms. The summed E-state index contributed by atoms with van der Waals surface area (Å²) in [5.41, 5.74) is -1.42. The number of aromatic nitrogens is 3. The zero-order chi connectivity index (χ0) is 33.4. The standard InChI is InChI=1S/C32H30F3N5O5S/c1-6-23(42)38-13-18-14-46(44,45)30-25-21(11-19(26(30)34)24-22(41)8-7-20(33)27(24)35)40(29-16(4)9-10-36-28(29)15(2)3)32(43)37-31(25)39(18)12-17(38)5/h6-11,15,17-18,41H,1,12-14H2,2-5H3. The predicted octanol–water partition coefficient (Wildman–Crippen LogP) is 4.38. The number of hydrogen-bond donors (Lipinski definition) is 1. The van der Waals surface area contributed by atoms with Gasteiger partial charge in [-0.2, -0.15) is 4.98 Å². The number of sulfone groups is 1. The summed E-state index contributed by atoms with van der Waals surface area (Å²) < 4.78 is 76.2. The number of aryl methyl sites for hydroxylation is 1. The highest BCUT2D eigenvalue weighted by Crippen LogP contribution is 2.45. The molecule has 0 spiro atoms. The Balaban J connectivity index is 1.81. The van der Waals surface area contributed by atoms with Crippen molar-refractivity contribution >= 4 is 32.5 Å². The van der Waals surface area contributed by atoms with E-state index in [1.54, 1.807) is 31.0 Å². The summed E-state index contributed by atoms with van der Waals surface area (Å²) in [6.45, 7) is 10.6. The maximum absolute atomic E-state index is 16.8. The van der Waals surface area contributed by atoms with Crippen molar-refractivity contribution in [2.24, 2.45) is 0 Å². The van der Waals surface area contributed by atoms with Crippen molar-refractivity contribution < 1.29 is 31.5 Å². The number of phenolic OH excluding ortho intramolecular Hbond substituents is 1. The molecule has 0 radical (unpaired) electrons. The number of anilines is 1. The number of piperazine rings is 1. The molecule has 46 heavy (non-hydrogen) atoms. The lowest BCUT2D eigenvalue weighted by Crippen LogP contribution is -2.60. The minimum Gasteiger partial charge on any atom is -0.507 e. The fourth-order valence-corrected chi connectivity index (χ4v) is 8.34. The molecule has 2 aliphatic heterocycles. The van der Waals surface area contributed by atoms with Gasteiger partial charge in [-0.25, -0.2) is 26.4 Å². The monoisotopic (exact) mass is 653 g/mol. The minimum absolute atomic E-state index is 0.0522. The third-order valence-electron chi connectivity index (χ3n) is 8.62. The van der Waals surface area contributed by atoms with Gasteiger partial charge in [-0.15, -0.1) is 0 Å². The van der Waals surface area contributed by atoms with Crippen LogP contribution in [0.1, 0.15) is 37.9 Å². The van der Waals surface area contributed by atoms with Crippen LogP contribution in [0.5, 0.6) is 5.75 Å². The van der Waals surface area contributed by atoms with Crippen molar-refractivity contribution in [3.05, 3.63) is 82.3 Å². The van der Waals surface area contributed by atoms with Crippen LogP contribution in [0.15, 0.2) is 52.8 Å². The topological polar surface area (TPSA) is 126 Å². The minimum atomic E-state index is -4.62. The molecule has 2 atom stereocenters. The van der Waals surface area contributed by atoms with Gasteiger partial charge >= 0.3 is 5.69 Å². The molecule has 2 aromatic heterocycles. The largest absolute Gasteiger partial charge is 0.507 e. The average molecular weight is 654 g/mol. The Hall–Kier alpha value is -4.72. The third-order valence-corrected chi connectivity index (χ3v) is 10.4. The molecule has 2 aliphatic rings. The van der Waals surface area contributed by atoms with Gasteiger partial charge in [0.05, 0.1) is 39.6 Å². The number of pyridine rings is 1. The summed E-state index contributed by atoms with van der Waals surface area (Å²) >= 11 is 0. The Morgan fingerprint density at radius 1 is 1.15 bits per heavy atom. The van der Waals surface area contributed by atoms with E-state index in [0.717, 1.165) is 22.8 Å². The van der Waals surface area contributed by atoms with E-state index < -0.39 is 78.5 Å². The number of fused-ring (bicyclic) bond motifs is 2. The first-order valence-corrected chi connectivity index (χ1v) is 16.2. The fourth-order valence-electron chi connectivity index (χ4n) is 6.49. The molecule has 6 rings (SSSR count). The quantitative estimate of drug-likeness (QED) is 0.322. The molecule has 1 amide bonds. The Kier molecular flexibility index (Phi) is 7.45. The molecule has 10 nitrogen and oxygen atoms in total. The van der Waals surface area contributed by atoms with Crippen LogP contribution in [0.3, 0.4) is 0 Å². The first kappa shape index (κ1) is 31.3. The van der Waals surface area contributed by atoms with Crippen LogP contribution in [0.25, 0.3) is 27.7 Å². The number of hydrogen-bond acceptors (Lipinski definition) is 8. The molecule has 2 unspecified atom stereocenters. The Morgan fingerprint density at radius 2 is 1.87 bits per heavy atom. The fraction of sp³-hybridized carbons (Fsp3) is 0.312. The maximum Gasteiger partial charge on any atom is 0.354 e. The Labute approximate surface area is 262 Å². The van der Waals surface area contributed by atoms with E-state index >= 15 is 8.78 Å². The van der Waals surface area contributed by atoms with Crippen LogP contribution in [-0.4, -0.2) is 69.8 Å². The Bertz CT molecular complexity index is 2150. The summed E-state index contributed by atoms with van der Waals surface area (Å²) in [6.07, 6.45) is 2.66. The van der Waals surface area contributed by atoms with Crippen molar-refractivity contribution in [2.75, 3.05) is 23.7 Å². The highest BCUT2D eigenvalue weighted by Gasteiger charge is 2.44. The number of phenols is 1. The second-order valence-corrected chi connectivity index (χ2v) is 13.9. The van der Waals surface area contributed by atoms with Gasteiger partial charge in [0.1, 0.15) is 16.5 Å². The maximum atomic E-state index is 16.8. The number of benzene rings is 2. The van der Waals surface area contributed by atoms with Crippen molar-refractivity contribution in [2.45, 2.75) is 50.6 Å². The van der Waals surface area contributed by atoms with Crippen LogP contribution in [-0.2, 0) is 14.6 Å². The number of carbonyl (C=O) groups excluding carboxylic acids is 1. The molecule has 0 bridgehead atoms. The van der Waals surface area contributed by atoms with E-state index in [4.69, 9.17) is 0 Å². The van der Waals surface area contributed by atoms with E-state index in [1.807, 2.05) is 13.8 Å². The van der Waals surface area contributed by atoms with E-state index in [9.17, 15) is 27.5 Å². The van der Waals surface area contributed by atoms with E-state index in [1.165, 1.54) is 4.90 Å². The van der Waals surface area contributed by atoms with Gasteiger partial charge in [-0.3, -0.25) is 14.3 Å². The van der Waals surface area contributed by atoms with Crippen LogP contribution in [0.2, 0.25) is 0 Å². The summed E-state index contributed by atoms with van der Waals surface area (Å²) in [6, 6.07) is 2.73. The van der Waals surface area contributed by atoms with Gasteiger partial charge in [-0.05, 0) is 55.7 Å². The lowest BCUT2D eigenvalue weighted by Gasteiger charge is -2.44. The molecule has 0 saturated carbocycles. The molecule has 1 fully saturated rings. The van der Waals surface area contributed by atoms with Crippen molar-refractivity contribution in [1.29, 1.82) is 0 Å². The number of nitrogens with zero attached hydrogens (tertiary/aromatic N) is 5. The average Bonchev–Trinajstić information content (AvgIpc) is 3.08.